The average Bonchev–Trinajstić information content (AvgIpc) is 2.52. The Morgan fingerprint density at radius 1 is 1.29 bits per heavy atom. The van der Waals surface area contributed by atoms with Gasteiger partial charge in [-0.05, 0) is 32.0 Å². The lowest BCUT2D eigenvalue weighted by molar-refractivity contribution is -0.131. The summed E-state index contributed by atoms with van der Waals surface area (Å²) in [6, 6.07) is 4.41. The third-order valence-electron chi connectivity index (χ3n) is 3.37. The molecular formula is C15H20N2O4. The lowest BCUT2D eigenvalue weighted by Crippen LogP contribution is -2.45. The molecule has 0 saturated heterocycles. The maximum Gasteiger partial charge on any atom is 0.252 e. The van der Waals surface area contributed by atoms with Crippen LogP contribution < -0.4 is 14.8 Å². The number of likely N-dealkylation sites (N-methyl/N-ethyl adjacent to an activating group) is 1. The lowest BCUT2D eigenvalue weighted by Gasteiger charge is -2.21. The zero-order chi connectivity index (χ0) is 15.4. The molecule has 2 amide bonds. The quantitative estimate of drug-likeness (QED) is 0.901. The van der Waals surface area contributed by atoms with Gasteiger partial charge in [-0.1, -0.05) is 0 Å². The molecule has 1 aromatic rings. The van der Waals surface area contributed by atoms with E-state index in [2.05, 4.69) is 5.32 Å². The van der Waals surface area contributed by atoms with E-state index in [-0.39, 0.29) is 11.8 Å². The third kappa shape index (κ3) is 3.45. The molecule has 6 nitrogen and oxygen atoms in total. The van der Waals surface area contributed by atoms with Gasteiger partial charge in [0.15, 0.2) is 11.5 Å². The Hall–Kier alpha value is -2.24. The number of nitrogens with zero attached hydrogens (tertiary/aromatic N) is 1. The molecule has 0 aromatic heterocycles. The van der Waals surface area contributed by atoms with Crippen molar-refractivity contribution in [3.05, 3.63) is 23.8 Å². The first-order chi connectivity index (χ1) is 10.0. The standard InChI is InChI=1S/C15H20N2O4/c1-4-17(3)15(19)10(2)16-14(18)11-5-6-12-13(9-11)21-8-7-20-12/h5-6,9-10H,4,7-8H2,1-3H3,(H,16,18). The Bertz CT molecular complexity index is 544. The van der Waals surface area contributed by atoms with Crippen LogP contribution in [0.25, 0.3) is 0 Å². The Balaban J connectivity index is 2.05. The molecule has 0 fully saturated rings. The predicted octanol–water partition coefficient (Wildman–Crippen LogP) is 1.05. The van der Waals surface area contributed by atoms with Gasteiger partial charge in [-0.3, -0.25) is 9.59 Å². The van der Waals surface area contributed by atoms with E-state index in [0.717, 1.165) is 0 Å². The molecule has 1 aliphatic rings. The van der Waals surface area contributed by atoms with Crippen LogP contribution in [0.2, 0.25) is 0 Å². The van der Waals surface area contributed by atoms with Gasteiger partial charge in [0, 0.05) is 19.2 Å². The van der Waals surface area contributed by atoms with E-state index in [1.165, 1.54) is 0 Å². The van der Waals surface area contributed by atoms with Crippen LogP contribution in [0.4, 0.5) is 0 Å². The monoisotopic (exact) mass is 292 g/mol. The molecule has 0 aliphatic carbocycles. The van der Waals surface area contributed by atoms with E-state index in [4.69, 9.17) is 9.47 Å². The molecule has 6 heteroatoms. The van der Waals surface area contributed by atoms with Gasteiger partial charge in [0.2, 0.25) is 5.91 Å². The van der Waals surface area contributed by atoms with Gasteiger partial charge in [-0.2, -0.15) is 0 Å². The number of hydrogen-bond donors (Lipinski definition) is 1. The van der Waals surface area contributed by atoms with E-state index in [1.807, 2.05) is 6.92 Å². The lowest BCUT2D eigenvalue weighted by atomic mass is 10.1. The minimum Gasteiger partial charge on any atom is -0.486 e. The summed E-state index contributed by atoms with van der Waals surface area (Å²) in [7, 11) is 1.70. The number of carbonyl (C=O) groups excluding carboxylic acids is 2. The van der Waals surface area contributed by atoms with Crippen LogP contribution in [-0.4, -0.2) is 49.6 Å². The maximum atomic E-state index is 12.2. The summed E-state index contributed by atoms with van der Waals surface area (Å²) < 4.78 is 10.8. The molecule has 1 aliphatic heterocycles. The maximum absolute atomic E-state index is 12.2. The highest BCUT2D eigenvalue weighted by molar-refractivity contribution is 5.97. The van der Waals surface area contributed by atoms with Gasteiger partial charge >= 0.3 is 0 Å². The smallest absolute Gasteiger partial charge is 0.252 e. The normalized spacial score (nSPS) is 14.2. The second-order valence-electron chi connectivity index (χ2n) is 4.91. The molecule has 2 rings (SSSR count). The molecule has 1 atom stereocenters. The summed E-state index contributed by atoms with van der Waals surface area (Å²) in [6.45, 7) is 5.13. The Morgan fingerprint density at radius 2 is 1.95 bits per heavy atom. The first kappa shape index (κ1) is 15.2. The summed E-state index contributed by atoms with van der Waals surface area (Å²) in [5, 5.41) is 2.69. The minimum absolute atomic E-state index is 0.122. The van der Waals surface area contributed by atoms with E-state index in [0.29, 0.717) is 36.8 Å². The number of amides is 2. The number of nitrogens with one attached hydrogen (secondary N) is 1. The first-order valence-electron chi connectivity index (χ1n) is 6.98. The fourth-order valence-electron chi connectivity index (χ4n) is 2.01. The molecule has 1 heterocycles. The van der Waals surface area contributed by atoms with Crippen molar-refractivity contribution in [3.63, 3.8) is 0 Å². The molecule has 0 radical (unpaired) electrons. The van der Waals surface area contributed by atoms with Crippen LogP contribution in [-0.2, 0) is 4.79 Å². The number of benzene rings is 1. The molecule has 1 unspecified atom stereocenters. The molecule has 1 aromatic carbocycles. The largest absolute Gasteiger partial charge is 0.486 e. The first-order valence-corrected chi connectivity index (χ1v) is 6.98. The zero-order valence-electron chi connectivity index (χ0n) is 12.5. The van der Waals surface area contributed by atoms with Crippen molar-refractivity contribution in [2.24, 2.45) is 0 Å². The van der Waals surface area contributed by atoms with Crippen LogP contribution >= 0.6 is 0 Å². The number of ether oxygens (including phenoxy) is 2. The average molecular weight is 292 g/mol. The summed E-state index contributed by atoms with van der Waals surface area (Å²) in [5.41, 5.74) is 0.443. The fourth-order valence-corrected chi connectivity index (χ4v) is 2.01. The topological polar surface area (TPSA) is 67.9 Å². The van der Waals surface area contributed by atoms with Crippen LogP contribution in [0.3, 0.4) is 0 Å². The van der Waals surface area contributed by atoms with Gasteiger partial charge in [-0.25, -0.2) is 0 Å². The van der Waals surface area contributed by atoms with E-state index in [9.17, 15) is 9.59 Å². The molecule has 0 saturated carbocycles. The molecule has 0 spiro atoms. The number of fused-ring (bicyclic) bond motifs is 1. The van der Waals surface area contributed by atoms with Crippen molar-refractivity contribution in [2.45, 2.75) is 19.9 Å². The molecule has 21 heavy (non-hydrogen) atoms. The van der Waals surface area contributed by atoms with Gasteiger partial charge in [0.05, 0.1) is 0 Å². The molecular weight excluding hydrogens is 272 g/mol. The minimum atomic E-state index is -0.573. The number of rotatable bonds is 4. The zero-order valence-corrected chi connectivity index (χ0v) is 12.5. The summed E-state index contributed by atoms with van der Waals surface area (Å²) in [6.07, 6.45) is 0. The highest BCUT2D eigenvalue weighted by atomic mass is 16.6. The number of carbonyl (C=O) groups is 2. The van der Waals surface area contributed by atoms with Crippen molar-refractivity contribution in [1.29, 1.82) is 0 Å². The van der Waals surface area contributed by atoms with Crippen LogP contribution in [0.15, 0.2) is 18.2 Å². The summed E-state index contributed by atoms with van der Waals surface area (Å²) in [5.74, 6) is 0.756. The molecule has 114 valence electrons. The Kier molecular flexibility index (Phi) is 4.67. The SMILES string of the molecule is CCN(C)C(=O)C(C)NC(=O)c1ccc2c(c1)OCCO2. The van der Waals surface area contributed by atoms with Crippen molar-refractivity contribution >= 4 is 11.8 Å². The Morgan fingerprint density at radius 3 is 2.62 bits per heavy atom. The predicted molar refractivity (Wildman–Crippen MR) is 77.7 cm³/mol. The second-order valence-corrected chi connectivity index (χ2v) is 4.91. The summed E-state index contributed by atoms with van der Waals surface area (Å²) >= 11 is 0. The van der Waals surface area contributed by atoms with Crippen molar-refractivity contribution in [3.8, 4) is 11.5 Å². The van der Waals surface area contributed by atoms with E-state index in [1.54, 1.807) is 37.1 Å². The fraction of sp³-hybridized carbons (Fsp3) is 0.467. The molecule has 1 N–H and O–H groups in total. The van der Waals surface area contributed by atoms with E-state index >= 15 is 0 Å². The van der Waals surface area contributed by atoms with Gasteiger partial charge < -0.3 is 19.7 Å². The Labute approximate surface area is 124 Å². The third-order valence-corrected chi connectivity index (χ3v) is 3.37. The van der Waals surface area contributed by atoms with Gasteiger partial charge in [0.25, 0.3) is 5.91 Å². The second kappa shape index (κ2) is 6.47. The van der Waals surface area contributed by atoms with Crippen LogP contribution in [0.5, 0.6) is 11.5 Å². The molecule has 0 bridgehead atoms. The van der Waals surface area contributed by atoms with Gasteiger partial charge in [0.1, 0.15) is 19.3 Å². The highest BCUT2D eigenvalue weighted by Crippen LogP contribution is 2.30. The summed E-state index contributed by atoms with van der Waals surface area (Å²) in [4.78, 5) is 25.7. The van der Waals surface area contributed by atoms with Crippen LogP contribution in [0.1, 0.15) is 24.2 Å². The van der Waals surface area contributed by atoms with Crippen LogP contribution in [0, 0.1) is 0 Å². The van der Waals surface area contributed by atoms with Gasteiger partial charge in [-0.15, -0.1) is 0 Å². The number of hydrogen-bond acceptors (Lipinski definition) is 4. The van der Waals surface area contributed by atoms with Crippen molar-refractivity contribution in [1.82, 2.24) is 10.2 Å². The van der Waals surface area contributed by atoms with E-state index < -0.39 is 6.04 Å². The highest BCUT2D eigenvalue weighted by Gasteiger charge is 2.20. The van der Waals surface area contributed by atoms with Crippen molar-refractivity contribution < 1.29 is 19.1 Å². The van der Waals surface area contributed by atoms with Crippen molar-refractivity contribution in [2.75, 3.05) is 26.8 Å².